The molecule has 0 aliphatic rings. The highest BCUT2D eigenvalue weighted by molar-refractivity contribution is 6.31. The van der Waals surface area contributed by atoms with Gasteiger partial charge in [-0.3, -0.25) is 4.98 Å². The zero-order valence-electron chi connectivity index (χ0n) is 11.8. The minimum Gasteiger partial charge on any atom is -0.488 e. The molecular weight excluding hydrogens is 272 g/mol. The Morgan fingerprint density at radius 1 is 1.25 bits per heavy atom. The van der Waals surface area contributed by atoms with Crippen molar-refractivity contribution in [2.24, 2.45) is 0 Å². The lowest BCUT2D eigenvalue weighted by Crippen LogP contribution is -2.13. The monoisotopic (exact) mass is 290 g/mol. The predicted molar refractivity (Wildman–Crippen MR) is 82.1 cm³/mol. The van der Waals surface area contributed by atoms with Gasteiger partial charge in [-0.05, 0) is 25.1 Å². The van der Waals surface area contributed by atoms with Crippen molar-refractivity contribution in [3.05, 3.63) is 58.4 Å². The fourth-order valence-electron chi connectivity index (χ4n) is 1.99. The third-order valence-electron chi connectivity index (χ3n) is 3.09. The molecule has 4 heteroatoms. The van der Waals surface area contributed by atoms with Crippen molar-refractivity contribution in [3.63, 3.8) is 0 Å². The Hall–Kier alpha value is -1.58. The number of benzene rings is 1. The highest BCUT2D eigenvalue weighted by Gasteiger charge is 2.08. The van der Waals surface area contributed by atoms with E-state index in [1.807, 2.05) is 12.1 Å². The van der Waals surface area contributed by atoms with Crippen LogP contribution in [0, 0.1) is 6.92 Å². The molecule has 0 bridgehead atoms. The van der Waals surface area contributed by atoms with E-state index in [0.29, 0.717) is 11.6 Å². The number of nitrogens with one attached hydrogen (secondary N) is 1. The van der Waals surface area contributed by atoms with Crippen LogP contribution in [0.3, 0.4) is 0 Å². The molecule has 2 rings (SSSR count). The largest absolute Gasteiger partial charge is 0.488 e. The summed E-state index contributed by atoms with van der Waals surface area (Å²) in [5, 5.41) is 3.96. The maximum atomic E-state index is 6.10. The van der Waals surface area contributed by atoms with Crippen LogP contribution < -0.4 is 10.1 Å². The van der Waals surface area contributed by atoms with Crippen molar-refractivity contribution in [1.29, 1.82) is 0 Å². The van der Waals surface area contributed by atoms with Crippen LogP contribution in [-0.4, -0.2) is 11.5 Å². The molecule has 1 N–H and O–H groups in total. The van der Waals surface area contributed by atoms with Gasteiger partial charge < -0.3 is 10.1 Å². The number of para-hydroxylation sites is 1. The highest BCUT2D eigenvalue weighted by Crippen LogP contribution is 2.25. The zero-order chi connectivity index (χ0) is 14.4. The van der Waals surface area contributed by atoms with Gasteiger partial charge in [-0.15, -0.1) is 0 Å². The molecule has 0 saturated heterocycles. The molecule has 1 heterocycles. The van der Waals surface area contributed by atoms with E-state index < -0.39 is 0 Å². The number of halogens is 1. The van der Waals surface area contributed by atoms with Gasteiger partial charge >= 0.3 is 0 Å². The Bertz CT molecular complexity index is 572. The van der Waals surface area contributed by atoms with Gasteiger partial charge in [-0.1, -0.05) is 36.7 Å². The second kappa shape index (κ2) is 7.27. The molecule has 1 aromatic carbocycles. The Labute approximate surface area is 124 Å². The molecule has 20 heavy (non-hydrogen) atoms. The molecular formula is C16H19ClN2O. The van der Waals surface area contributed by atoms with Crippen LogP contribution >= 0.6 is 11.6 Å². The number of nitrogens with zero attached hydrogens (tertiary/aromatic N) is 1. The normalized spacial score (nSPS) is 10.6. The fourth-order valence-corrected chi connectivity index (χ4v) is 2.16. The Balaban J connectivity index is 2.14. The highest BCUT2D eigenvalue weighted by atomic mass is 35.5. The van der Waals surface area contributed by atoms with E-state index in [-0.39, 0.29) is 0 Å². The summed E-state index contributed by atoms with van der Waals surface area (Å²) in [6.45, 7) is 6.33. The topological polar surface area (TPSA) is 34.1 Å². The fraction of sp³-hybridized carbons (Fsp3) is 0.312. The number of pyridine rings is 1. The number of aromatic nitrogens is 1. The Kier molecular flexibility index (Phi) is 5.39. The quantitative estimate of drug-likeness (QED) is 0.880. The minimum atomic E-state index is 0.450. The van der Waals surface area contributed by atoms with E-state index in [0.717, 1.165) is 35.5 Å². The summed E-state index contributed by atoms with van der Waals surface area (Å²) in [5.74, 6) is 0.932. The predicted octanol–water partition coefficient (Wildman–Crippen LogP) is 3.73. The first-order valence-corrected chi connectivity index (χ1v) is 7.10. The number of rotatable bonds is 6. The van der Waals surface area contributed by atoms with Crippen LogP contribution in [0.15, 0.2) is 36.7 Å². The van der Waals surface area contributed by atoms with Crippen LogP contribution in [-0.2, 0) is 13.2 Å². The summed E-state index contributed by atoms with van der Waals surface area (Å²) in [7, 11) is 0. The van der Waals surface area contributed by atoms with Crippen LogP contribution in [0.25, 0.3) is 0 Å². The summed E-state index contributed by atoms with van der Waals surface area (Å²) >= 11 is 6.10. The number of hydrogen-bond acceptors (Lipinski definition) is 3. The van der Waals surface area contributed by atoms with E-state index in [9.17, 15) is 0 Å². The third kappa shape index (κ3) is 3.71. The van der Waals surface area contributed by atoms with Crippen molar-refractivity contribution < 1.29 is 4.74 Å². The first kappa shape index (κ1) is 14.8. The van der Waals surface area contributed by atoms with Crippen LogP contribution in [0.2, 0.25) is 5.02 Å². The molecule has 0 aliphatic heterocycles. The molecule has 106 valence electrons. The first-order valence-electron chi connectivity index (χ1n) is 6.72. The van der Waals surface area contributed by atoms with Crippen molar-refractivity contribution >= 4 is 11.6 Å². The lowest BCUT2D eigenvalue weighted by Gasteiger charge is -2.15. The molecule has 0 spiro atoms. The van der Waals surface area contributed by atoms with Gasteiger partial charge in [-0.25, -0.2) is 0 Å². The third-order valence-corrected chi connectivity index (χ3v) is 3.43. The lowest BCUT2D eigenvalue weighted by atomic mass is 10.1. The maximum Gasteiger partial charge on any atom is 0.127 e. The standard InChI is InChI=1S/C16H19ClN2O/c1-3-18-9-13-6-4-5-12(2)16(13)20-11-14-7-8-19-10-15(14)17/h4-8,10,18H,3,9,11H2,1-2H3. The van der Waals surface area contributed by atoms with Gasteiger partial charge in [0.15, 0.2) is 0 Å². The summed E-state index contributed by atoms with van der Waals surface area (Å²) in [6, 6.07) is 8.07. The molecule has 0 fully saturated rings. The van der Waals surface area contributed by atoms with Crippen LogP contribution in [0.1, 0.15) is 23.6 Å². The molecule has 0 radical (unpaired) electrons. The molecule has 0 saturated carbocycles. The average molecular weight is 291 g/mol. The average Bonchev–Trinajstić information content (AvgIpc) is 2.45. The molecule has 0 atom stereocenters. The van der Waals surface area contributed by atoms with Gasteiger partial charge in [-0.2, -0.15) is 0 Å². The van der Waals surface area contributed by atoms with Gasteiger partial charge in [0.25, 0.3) is 0 Å². The lowest BCUT2D eigenvalue weighted by molar-refractivity contribution is 0.300. The summed E-state index contributed by atoms with van der Waals surface area (Å²) < 4.78 is 5.98. The molecule has 0 aliphatic carbocycles. The summed E-state index contributed by atoms with van der Waals surface area (Å²) in [5.41, 5.74) is 3.24. The Morgan fingerprint density at radius 2 is 2.10 bits per heavy atom. The zero-order valence-corrected chi connectivity index (χ0v) is 12.6. The van der Waals surface area contributed by atoms with Crippen LogP contribution in [0.5, 0.6) is 5.75 Å². The van der Waals surface area contributed by atoms with Gasteiger partial charge in [0.1, 0.15) is 12.4 Å². The minimum absolute atomic E-state index is 0.450. The first-order chi connectivity index (χ1) is 9.72. The molecule has 3 nitrogen and oxygen atoms in total. The van der Waals surface area contributed by atoms with Crippen LogP contribution in [0.4, 0.5) is 0 Å². The summed E-state index contributed by atoms with van der Waals surface area (Å²) in [6.07, 6.45) is 3.36. The van der Waals surface area contributed by atoms with Crippen molar-refractivity contribution in [3.8, 4) is 5.75 Å². The second-order valence-corrected chi connectivity index (χ2v) is 5.01. The van der Waals surface area contributed by atoms with Gasteiger partial charge in [0.05, 0.1) is 5.02 Å². The van der Waals surface area contributed by atoms with E-state index in [1.165, 1.54) is 0 Å². The SMILES string of the molecule is CCNCc1cccc(C)c1OCc1ccncc1Cl. The number of ether oxygens (including phenoxy) is 1. The second-order valence-electron chi connectivity index (χ2n) is 4.60. The van der Waals surface area contributed by atoms with E-state index in [4.69, 9.17) is 16.3 Å². The van der Waals surface area contributed by atoms with E-state index in [2.05, 4.69) is 36.3 Å². The van der Waals surface area contributed by atoms with Gasteiger partial charge in [0.2, 0.25) is 0 Å². The molecule has 1 aromatic heterocycles. The Morgan fingerprint density at radius 3 is 2.85 bits per heavy atom. The number of hydrogen-bond donors (Lipinski definition) is 1. The number of aryl methyl sites for hydroxylation is 1. The smallest absolute Gasteiger partial charge is 0.127 e. The molecule has 2 aromatic rings. The maximum absolute atomic E-state index is 6.10. The van der Waals surface area contributed by atoms with E-state index >= 15 is 0 Å². The van der Waals surface area contributed by atoms with Crippen molar-refractivity contribution in [2.75, 3.05) is 6.54 Å². The van der Waals surface area contributed by atoms with E-state index in [1.54, 1.807) is 12.4 Å². The van der Waals surface area contributed by atoms with Crippen molar-refractivity contribution in [1.82, 2.24) is 10.3 Å². The van der Waals surface area contributed by atoms with Crippen molar-refractivity contribution in [2.45, 2.75) is 27.0 Å². The van der Waals surface area contributed by atoms with Gasteiger partial charge in [0, 0.05) is 30.1 Å². The molecule has 0 unspecified atom stereocenters. The molecule has 0 amide bonds. The summed E-state index contributed by atoms with van der Waals surface area (Å²) in [4.78, 5) is 3.98.